The molecule has 2 unspecified atom stereocenters. The second kappa shape index (κ2) is 7.04. The van der Waals surface area contributed by atoms with E-state index in [2.05, 4.69) is 6.58 Å². The first-order valence-corrected chi connectivity index (χ1v) is 6.89. The van der Waals surface area contributed by atoms with Gasteiger partial charge in [0.2, 0.25) is 0 Å². The van der Waals surface area contributed by atoms with E-state index in [1.807, 2.05) is 0 Å². The summed E-state index contributed by atoms with van der Waals surface area (Å²) in [5, 5.41) is 0. The van der Waals surface area contributed by atoms with Gasteiger partial charge in [-0.2, -0.15) is 0 Å². The van der Waals surface area contributed by atoms with Crippen LogP contribution in [0, 0.1) is 5.92 Å². The molecule has 0 aromatic carbocycles. The number of ether oxygens (including phenoxy) is 1. The lowest BCUT2D eigenvalue weighted by atomic mass is 10.00. The molecule has 0 bridgehead atoms. The highest BCUT2D eigenvalue weighted by molar-refractivity contribution is 7.84. The van der Waals surface area contributed by atoms with E-state index in [0.29, 0.717) is 5.92 Å². The molecule has 1 fully saturated rings. The minimum atomic E-state index is -0.586. The molecule has 1 aliphatic rings. The van der Waals surface area contributed by atoms with E-state index in [0.717, 1.165) is 31.0 Å². The molecule has 0 radical (unpaired) electrons. The Hall–Kier alpha value is -0.310. The van der Waals surface area contributed by atoms with Crippen molar-refractivity contribution in [3.8, 4) is 0 Å². The van der Waals surface area contributed by atoms with Gasteiger partial charge in [0.25, 0.3) is 0 Å². The van der Waals surface area contributed by atoms with Crippen molar-refractivity contribution >= 4 is 10.8 Å². The molecule has 82 valence electrons. The third-order valence-electron chi connectivity index (χ3n) is 2.67. The standard InChI is InChI=1S/C11H20O2S/c1-2-13-8-7-11-6-4-3-5-9-14(12)10-11/h2,11H,1,3-10H2. The predicted molar refractivity (Wildman–Crippen MR) is 60.6 cm³/mol. The summed E-state index contributed by atoms with van der Waals surface area (Å²) in [5.41, 5.74) is 0. The first-order valence-electron chi connectivity index (χ1n) is 5.40. The van der Waals surface area contributed by atoms with Crippen molar-refractivity contribution in [2.45, 2.75) is 32.1 Å². The molecule has 0 amide bonds. The maximum atomic E-state index is 11.5. The molecule has 0 aromatic heterocycles. The van der Waals surface area contributed by atoms with Crippen LogP contribution in [0.3, 0.4) is 0 Å². The van der Waals surface area contributed by atoms with E-state index >= 15 is 0 Å². The average molecular weight is 216 g/mol. The van der Waals surface area contributed by atoms with Crippen molar-refractivity contribution in [2.75, 3.05) is 18.1 Å². The SMILES string of the molecule is C=COCCC1CCCCCS(=O)C1. The summed E-state index contributed by atoms with van der Waals surface area (Å²) in [6, 6.07) is 0. The van der Waals surface area contributed by atoms with Gasteiger partial charge in [0.15, 0.2) is 0 Å². The summed E-state index contributed by atoms with van der Waals surface area (Å²) in [6.45, 7) is 4.24. The van der Waals surface area contributed by atoms with Crippen molar-refractivity contribution in [1.29, 1.82) is 0 Å². The first-order chi connectivity index (χ1) is 6.83. The Balaban J connectivity index is 2.25. The molecule has 2 atom stereocenters. The monoisotopic (exact) mass is 216 g/mol. The zero-order valence-corrected chi connectivity index (χ0v) is 9.56. The van der Waals surface area contributed by atoms with Crippen LogP contribution in [0.15, 0.2) is 12.8 Å². The molecular formula is C11H20O2S. The summed E-state index contributed by atoms with van der Waals surface area (Å²) in [7, 11) is -0.586. The number of hydrogen-bond donors (Lipinski definition) is 0. The molecule has 1 saturated heterocycles. The average Bonchev–Trinajstić information content (AvgIpc) is 2.13. The van der Waals surface area contributed by atoms with Gasteiger partial charge in [0.1, 0.15) is 0 Å². The van der Waals surface area contributed by atoms with Crippen LogP contribution >= 0.6 is 0 Å². The van der Waals surface area contributed by atoms with Gasteiger partial charge in [-0.05, 0) is 25.2 Å². The van der Waals surface area contributed by atoms with Gasteiger partial charge < -0.3 is 4.74 Å². The van der Waals surface area contributed by atoms with E-state index < -0.39 is 10.8 Å². The summed E-state index contributed by atoms with van der Waals surface area (Å²) >= 11 is 0. The van der Waals surface area contributed by atoms with Crippen LogP contribution in [-0.2, 0) is 15.5 Å². The van der Waals surface area contributed by atoms with Gasteiger partial charge >= 0.3 is 0 Å². The lowest BCUT2D eigenvalue weighted by molar-refractivity contribution is 0.223. The third kappa shape index (κ3) is 4.80. The van der Waals surface area contributed by atoms with Crippen molar-refractivity contribution in [3.05, 3.63) is 12.8 Å². The lowest BCUT2D eigenvalue weighted by Gasteiger charge is -2.18. The molecule has 3 heteroatoms. The van der Waals surface area contributed by atoms with Crippen LogP contribution in [0.4, 0.5) is 0 Å². The van der Waals surface area contributed by atoms with Gasteiger partial charge in [-0.1, -0.05) is 19.4 Å². The molecule has 1 heterocycles. The van der Waals surface area contributed by atoms with Crippen molar-refractivity contribution < 1.29 is 8.95 Å². The molecule has 1 rings (SSSR count). The second-order valence-corrected chi connectivity index (χ2v) is 5.47. The van der Waals surface area contributed by atoms with Crippen LogP contribution < -0.4 is 0 Å². The fourth-order valence-corrected chi connectivity index (χ4v) is 3.40. The van der Waals surface area contributed by atoms with E-state index in [1.165, 1.54) is 25.5 Å². The Morgan fingerprint density at radius 2 is 2.29 bits per heavy atom. The second-order valence-electron chi connectivity index (χ2n) is 3.85. The first kappa shape index (κ1) is 11.8. The van der Waals surface area contributed by atoms with Crippen LogP contribution in [0.1, 0.15) is 32.1 Å². The zero-order valence-electron chi connectivity index (χ0n) is 8.74. The highest BCUT2D eigenvalue weighted by atomic mass is 32.2. The van der Waals surface area contributed by atoms with Crippen LogP contribution in [0.25, 0.3) is 0 Å². The lowest BCUT2D eigenvalue weighted by Crippen LogP contribution is -2.17. The summed E-state index contributed by atoms with van der Waals surface area (Å²) in [6.07, 6.45) is 7.40. The van der Waals surface area contributed by atoms with Gasteiger partial charge in [-0.15, -0.1) is 0 Å². The number of hydrogen-bond acceptors (Lipinski definition) is 2. The smallest absolute Gasteiger partial charge is 0.0875 e. The Kier molecular flexibility index (Phi) is 5.92. The maximum Gasteiger partial charge on any atom is 0.0875 e. The predicted octanol–water partition coefficient (Wildman–Crippen LogP) is 2.48. The minimum absolute atomic E-state index is 0.586. The molecule has 0 spiro atoms. The Bertz CT molecular complexity index is 192. The summed E-state index contributed by atoms with van der Waals surface area (Å²) in [5.74, 6) is 2.37. The van der Waals surface area contributed by atoms with Gasteiger partial charge in [0.05, 0.1) is 12.9 Å². The van der Waals surface area contributed by atoms with E-state index in [9.17, 15) is 4.21 Å². The molecule has 1 aliphatic heterocycles. The summed E-state index contributed by atoms with van der Waals surface area (Å²) < 4.78 is 16.6. The molecular weight excluding hydrogens is 196 g/mol. The Morgan fingerprint density at radius 3 is 3.07 bits per heavy atom. The van der Waals surface area contributed by atoms with Gasteiger partial charge in [0, 0.05) is 22.3 Å². The number of rotatable bonds is 4. The third-order valence-corrected chi connectivity index (χ3v) is 4.25. The zero-order chi connectivity index (χ0) is 10.2. The topological polar surface area (TPSA) is 26.3 Å². The minimum Gasteiger partial charge on any atom is -0.502 e. The van der Waals surface area contributed by atoms with E-state index in [4.69, 9.17) is 4.74 Å². The van der Waals surface area contributed by atoms with Crippen LogP contribution in [0.2, 0.25) is 0 Å². The maximum absolute atomic E-state index is 11.5. The van der Waals surface area contributed by atoms with Crippen LogP contribution in [-0.4, -0.2) is 22.3 Å². The fraction of sp³-hybridized carbons (Fsp3) is 0.818. The fourth-order valence-electron chi connectivity index (χ4n) is 1.85. The molecule has 0 aromatic rings. The molecule has 2 nitrogen and oxygen atoms in total. The molecule has 0 aliphatic carbocycles. The normalized spacial score (nSPS) is 28.9. The quantitative estimate of drug-likeness (QED) is 0.533. The van der Waals surface area contributed by atoms with Gasteiger partial charge in [-0.25, -0.2) is 0 Å². The van der Waals surface area contributed by atoms with Crippen molar-refractivity contribution in [2.24, 2.45) is 5.92 Å². The van der Waals surface area contributed by atoms with E-state index in [-0.39, 0.29) is 0 Å². The van der Waals surface area contributed by atoms with Crippen molar-refractivity contribution in [3.63, 3.8) is 0 Å². The van der Waals surface area contributed by atoms with Crippen molar-refractivity contribution in [1.82, 2.24) is 0 Å². The summed E-state index contributed by atoms with van der Waals surface area (Å²) in [4.78, 5) is 0. The van der Waals surface area contributed by atoms with Gasteiger partial charge in [-0.3, -0.25) is 4.21 Å². The Labute approximate surface area is 89.2 Å². The highest BCUT2D eigenvalue weighted by Crippen LogP contribution is 2.18. The molecule has 0 saturated carbocycles. The molecule has 14 heavy (non-hydrogen) atoms. The molecule has 0 N–H and O–H groups in total. The largest absolute Gasteiger partial charge is 0.502 e. The highest BCUT2D eigenvalue weighted by Gasteiger charge is 2.15. The van der Waals surface area contributed by atoms with Crippen LogP contribution in [0.5, 0.6) is 0 Å². The Morgan fingerprint density at radius 1 is 1.43 bits per heavy atom. The van der Waals surface area contributed by atoms with E-state index in [1.54, 1.807) is 0 Å².